The van der Waals surface area contributed by atoms with Crippen LogP contribution in [0.25, 0.3) is 0 Å². The molecule has 0 atom stereocenters. The molecular weight excluding hydrogens is 110 g/mol. The topological polar surface area (TPSA) is 41.5 Å². The first-order valence-electron chi connectivity index (χ1n) is 0.551. The van der Waals surface area contributed by atoms with Gasteiger partial charge in [0.05, 0.1) is 0 Å². The van der Waals surface area contributed by atoms with Crippen molar-refractivity contribution in [1.29, 1.82) is 0 Å². The first-order chi connectivity index (χ1) is 1.91. The molecule has 2 N–H and O–H groups in total. The van der Waals surface area contributed by atoms with Crippen molar-refractivity contribution in [3.63, 3.8) is 0 Å². The Hall–Kier alpha value is 0.399. The second kappa shape index (κ2) is 3.40. The Morgan fingerprint density at radius 2 is 2.25 bits per heavy atom. The van der Waals surface area contributed by atoms with E-state index in [1.807, 2.05) is 0 Å². The zero-order chi connectivity index (χ0) is 3.41. The molecular formula is H2CuNO2. The molecule has 0 aromatic heterocycles. The first-order valence-corrected chi connectivity index (χ1v) is 0.935. The Morgan fingerprint density at radius 3 is 2.25 bits per heavy atom. The van der Waals surface area contributed by atoms with E-state index in [0.717, 1.165) is 0 Å². The molecule has 0 heterocycles. The Kier molecular flexibility index (Phi) is 3.74. The van der Waals surface area contributed by atoms with Crippen molar-refractivity contribution in [2.75, 3.05) is 0 Å². The molecule has 0 radical (unpaired) electrons. The Morgan fingerprint density at radius 1 is 2.00 bits per heavy atom. The molecule has 30 valence electrons. The SMILES string of the molecule is ON[O][Cu]. The number of hydrogen-bond acceptors (Lipinski definition) is 3. The third kappa shape index (κ3) is 2.40. The third-order valence-electron chi connectivity index (χ3n) is 0.0275. The molecule has 0 fully saturated rings. The van der Waals surface area contributed by atoms with Crippen molar-refractivity contribution in [2.24, 2.45) is 0 Å². The maximum atomic E-state index is 7.29. The zero-order valence-corrected chi connectivity index (χ0v) is 2.60. The van der Waals surface area contributed by atoms with E-state index in [0.29, 0.717) is 0 Å². The van der Waals surface area contributed by atoms with Crippen molar-refractivity contribution in [3.8, 4) is 0 Å². The summed E-state index contributed by atoms with van der Waals surface area (Å²) >= 11 is 3.81. The van der Waals surface area contributed by atoms with Crippen LogP contribution in [0.2, 0.25) is 0 Å². The predicted octanol–water partition coefficient (Wildman–Crippen LogP) is -0.641. The molecule has 0 aliphatic heterocycles. The van der Waals surface area contributed by atoms with Crippen LogP contribution in [0.4, 0.5) is 0 Å². The number of nitrogens with one attached hydrogen (secondary N) is 1. The van der Waals surface area contributed by atoms with E-state index in [4.69, 9.17) is 5.21 Å². The fourth-order valence-corrected chi connectivity index (χ4v) is 0. The summed E-state index contributed by atoms with van der Waals surface area (Å²) in [5.74, 6) is 0. The standard InChI is InChI=1S/Cu.H2NO2/c;2-1-3/h;1-2H/q+1;-1. The van der Waals surface area contributed by atoms with Gasteiger partial charge in [-0.2, -0.15) is 0 Å². The van der Waals surface area contributed by atoms with E-state index in [9.17, 15) is 0 Å². The van der Waals surface area contributed by atoms with Gasteiger partial charge in [-0.15, -0.1) is 0 Å². The molecule has 0 bridgehead atoms. The predicted molar refractivity (Wildman–Crippen MR) is 6.01 cm³/mol. The zero-order valence-electron chi connectivity index (χ0n) is 1.66. The quantitative estimate of drug-likeness (QED) is 0.349. The van der Waals surface area contributed by atoms with Gasteiger partial charge in [-0.05, 0) is 0 Å². The summed E-state index contributed by atoms with van der Waals surface area (Å²) < 4.78 is 3.41. The van der Waals surface area contributed by atoms with Crippen molar-refractivity contribution < 1.29 is 25.5 Å². The summed E-state index contributed by atoms with van der Waals surface area (Å²) in [4.78, 5) is 0. The number of rotatable bonds is 1. The van der Waals surface area contributed by atoms with Crippen LogP contribution >= 0.6 is 0 Å². The van der Waals surface area contributed by atoms with E-state index < -0.39 is 0 Å². The van der Waals surface area contributed by atoms with E-state index in [2.05, 4.69) is 20.3 Å². The molecule has 0 saturated carbocycles. The van der Waals surface area contributed by atoms with Gasteiger partial charge >= 0.3 is 31.1 Å². The van der Waals surface area contributed by atoms with Gasteiger partial charge < -0.3 is 0 Å². The maximum absolute atomic E-state index is 7.29. The van der Waals surface area contributed by atoms with Crippen molar-refractivity contribution in [2.45, 2.75) is 0 Å². The fourth-order valence-electron chi connectivity index (χ4n) is 0. The van der Waals surface area contributed by atoms with Gasteiger partial charge in [0, 0.05) is 0 Å². The Labute approximate surface area is 32.0 Å². The monoisotopic (exact) mass is 111 g/mol. The minimum absolute atomic E-state index is 1.24. The van der Waals surface area contributed by atoms with Crippen LogP contribution in [0.3, 0.4) is 0 Å². The van der Waals surface area contributed by atoms with Crippen molar-refractivity contribution in [3.05, 3.63) is 0 Å². The van der Waals surface area contributed by atoms with Crippen molar-refractivity contribution in [1.82, 2.24) is 5.64 Å². The van der Waals surface area contributed by atoms with Gasteiger partial charge in [-0.25, -0.2) is 0 Å². The van der Waals surface area contributed by atoms with Crippen LogP contribution in [0.5, 0.6) is 0 Å². The second-order valence-corrected chi connectivity index (χ2v) is 0.345. The third-order valence-corrected chi connectivity index (χ3v) is 0.113. The molecule has 4 heteroatoms. The summed E-state index contributed by atoms with van der Waals surface area (Å²) in [5.41, 5.74) is 1.24. The van der Waals surface area contributed by atoms with Crippen LogP contribution in [0, 0.1) is 0 Å². The van der Waals surface area contributed by atoms with Crippen LogP contribution in [-0.2, 0) is 20.3 Å². The molecule has 4 heavy (non-hydrogen) atoms. The first kappa shape index (κ1) is 4.40. The van der Waals surface area contributed by atoms with E-state index in [-0.39, 0.29) is 0 Å². The fraction of sp³-hybridized carbons (Fsp3) is 0. The van der Waals surface area contributed by atoms with E-state index in [1.165, 1.54) is 5.64 Å². The van der Waals surface area contributed by atoms with E-state index in [1.54, 1.807) is 0 Å². The van der Waals surface area contributed by atoms with Gasteiger partial charge in [-0.3, -0.25) is 0 Å². The van der Waals surface area contributed by atoms with Crippen LogP contribution in [0.15, 0.2) is 0 Å². The molecule has 0 aromatic rings. The Balaban J connectivity index is 1.97. The van der Waals surface area contributed by atoms with Gasteiger partial charge in [0.2, 0.25) is 0 Å². The molecule has 0 aliphatic carbocycles. The summed E-state index contributed by atoms with van der Waals surface area (Å²) in [7, 11) is 0. The van der Waals surface area contributed by atoms with Gasteiger partial charge in [0.25, 0.3) is 0 Å². The molecule has 3 nitrogen and oxygen atoms in total. The second-order valence-electron chi connectivity index (χ2n) is 0.153. The van der Waals surface area contributed by atoms with E-state index >= 15 is 0 Å². The molecule has 0 spiro atoms. The van der Waals surface area contributed by atoms with Crippen LogP contribution in [-0.4, -0.2) is 5.21 Å². The molecule has 0 aliphatic rings. The van der Waals surface area contributed by atoms with Crippen LogP contribution in [0.1, 0.15) is 0 Å². The molecule has 0 rings (SSSR count). The average molecular weight is 112 g/mol. The molecule has 0 unspecified atom stereocenters. The normalized spacial score (nSPS) is 7.75. The van der Waals surface area contributed by atoms with Gasteiger partial charge in [0.1, 0.15) is 0 Å². The van der Waals surface area contributed by atoms with Gasteiger partial charge in [-0.1, -0.05) is 0 Å². The van der Waals surface area contributed by atoms with Crippen molar-refractivity contribution >= 4 is 0 Å². The Bertz CT molecular complexity index is 8.00. The molecule has 0 saturated heterocycles. The number of hydrogen-bond donors (Lipinski definition) is 2. The minimum atomic E-state index is 1.24. The summed E-state index contributed by atoms with van der Waals surface area (Å²) in [6.07, 6.45) is 0. The molecule has 0 aromatic carbocycles. The molecule has 0 amide bonds. The van der Waals surface area contributed by atoms with Gasteiger partial charge in [0.15, 0.2) is 0 Å². The van der Waals surface area contributed by atoms with Crippen LogP contribution < -0.4 is 5.64 Å². The summed E-state index contributed by atoms with van der Waals surface area (Å²) in [5, 5.41) is 7.29. The summed E-state index contributed by atoms with van der Waals surface area (Å²) in [6, 6.07) is 0. The summed E-state index contributed by atoms with van der Waals surface area (Å²) in [6.45, 7) is 0. The average Bonchev–Trinajstić information content (AvgIpc) is 1.37.